The summed E-state index contributed by atoms with van der Waals surface area (Å²) in [5.74, 6) is 0.527. The van der Waals surface area contributed by atoms with Gasteiger partial charge in [0.15, 0.2) is 0 Å². The van der Waals surface area contributed by atoms with E-state index < -0.39 is 26.5 Å². The summed E-state index contributed by atoms with van der Waals surface area (Å²) < 4.78 is 53.4. The number of nitrogens with two attached hydrogens (primary N) is 1. The Kier molecular flexibility index (Phi) is 5.87. The molecule has 0 radical (unpaired) electrons. The van der Waals surface area contributed by atoms with Gasteiger partial charge >= 0.3 is 20.4 Å². The average Bonchev–Trinajstić information content (AvgIpc) is 3.16. The topological polar surface area (TPSA) is 136 Å². The summed E-state index contributed by atoms with van der Waals surface area (Å²) in [6.07, 6.45) is 5.70. The van der Waals surface area contributed by atoms with Gasteiger partial charge in [-0.15, -0.1) is 0 Å². The minimum absolute atomic E-state index is 0.134. The highest BCUT2D eigenvalue weighted by atomic mass is 32.2. The molecule has 0 atom stereocenters. The minimum Gasteiger partial charge on any atom is -0.327 e. The summed E-state index contributed by atoms with van der Waals surface area (Å²) in [5.41, 5.74) is 6.11. The molecule has 0 aromatic carbocycles. The quantitative estimate of drug-likeness (QED) is 0.564. The smallest absolute Gasteiger partial charge is 0.308 e. The number of aromatic nitrogens is 4. The molecule has 2 aromatic rings. The fourth-order valence-corrected chi connectivity index (χ4v) is 4.14. The van der Waals surface area contributed by atoms with Crippen molar-refractivity contribution in [3.05, 3.63) is 36.4 Å². The van der Waals surface area contributed by atoms with Crippen molar-refractivity contribution in [2.24, 2.45) is 5.73 Å². The molecule has 11 nitrogen and oxygen atoms in total. The van der Waals surface area contributed by atoms with Crippen LogP contribution < -0.4 is 5.73 Å². The highest BCUT2D eigenvalue weighted by molar-refractivity contribution is 7.87. The zero-order chi connectivity index (χ0) is 19.7. The molecule has 0 bridgehead atoms. The predicted molar refractivity (Wildman–Crippen MR) is 95.8 cm³/mol. The highest BCUT2D eigenvalue weighted by Gasteiger charge is 2.24. The summed E-state index contributed by atoms with van der Waals surface area (Å²) in [6, 6.07) is -0.577. The van der Waals surface area contributed by atoms with E-state index >= 15 is 0 Å². The lowest BCUT2D eigenvalue weighted by atomic mass is 10.1. The van der Waals surface area contributed by atoms with E-state index in [9.17, 15) is 16.8 Å². The van der Waals surface area contributed by atoms with Crippen molar-refractivity contribution in [3.8, 4) is 0 Å². The molecule has 0 saturated carbocycles. The molecule has 0 spiro atoms. The second-order valence-electron chi connectivity index (χ2n) is 6.03. The molecule has 2 aromatic heterocycles. The molecule has 2 heterocycles. The van der Waals surface area contributed by atoms with E-state index in [4.69, 9.17) is 5.73 Å². The van der Waals surface area contributed by atoms with E-state index in [1.165, 1.54) is 53.0 Å². The van der Waals surface area contributed by atoms with Crippen LogP contribution in [0.25, 0.3) is 0 Å². The molecule has 0 unspecified atom stereocenters. The van der Waals surface area contributed by atoms with Crippen LogP contribution in [0.1, 0.15) is 11.6 Å². The van der Waals surface area contributed by atoms with Gasteiger partial charge in [-0.2, -0.15) is 25.4 Å². The molecule has 146 valence electrons. The van der Waals surface area contributed by atoms with Gasteiger partial charge in [0.25, 0.3) is 0 Å². The van der Waals surface area contributed by atoms with Gasteiger partial charge in [-0.3, -0.25) is 0 Å². The van der Waals surface area contributed by atoms with Crippen LogP contribution in [0.2, 0.25) is 0 Å². The van der Waals surface area contributed by atoms with Crippen LogP contribution in [0.3, 0.4) is 0 Å². The second kappa shape index (κ2) is 7.44. The van der Waals surface area contributed by atoms with E-state index in [2.05, 4.69) is 9.97 Å². The van der Waals surface area contributed by atoms with Crippen molar-refractivity contribution >= 4 is 20.4 Å². The SMILES string of the molecule is CN(C)S(=O)(=O)n1ccnc1CC(N)Cc1nccn1S(=O)(=O)N(C)C. The first-order valence-corrected chi connectivity index (χ1v) is 10.4. The van der Waals surface area contributed by atoms with Crippen molar-refractivity contribution in [2.45, 2.75) is 18.9 Å². The molecular formula is C13H23N7O4S2. The molecule has 0 fully saturated rings. The number of nitrogens with zero attached hydrogens (tertiary/aromatic N) is 6. The van der Waals surface area contributed by atoms with Gasteiger partial charge in [-0.05, 0) is 0 Å². The Morgan fingerprint density at radius 2 is 1.23 bits per heavy atom. The van der Waals surface area contributed by atoms with Gasteiger partial charge < -0.3 is 5.73 Å². The van der Waals surface area contributed by atoms with Crippen LogP contribution >= 0.6 is 0 Å². The molecule has 0 aliphatic rings. The number of imidazole rings is 2. The third-order valence-electron chi connectivity index (χ3n) is 3.67. The molecule has 2 N–H and O–H groups in total. The standard InChI is InChI=1S/C13H23N7O4S2/c1-17(2)25(21,22)19-7-5-15-12(19)9-11(14)10-13-16-6-8-20(13)26(23,24)18(3)4/h5-8,11H,9-10,14H2,1-4H3. The number of rotatable bonds is 8. The largest absolute Gasteiger partial charge is 0.327 e. The van der Waals surface area contributed by atoms with Gasteiger partial charge in [-0.1, -0.05) is 0 Å². The Morgan fingerprint density at radius 3 is 1.54 bits per heavy atom. The van der Waals surface area contributed by atoms with Crippen molar-refractivity contribution < 1.29 is 16.8 Å². The third kappa shape index (κ3) is 3.96. The Labute approximate surface area is 153 Å². The van der Waals surface area contributed by atoms with Crippen LogP contribution in [0, 0.1) is 0 Å². The maximum absolute atomic E-state index is 12.3. The third-order valence-corrected chi connectivity index (χ3v) is 7.17. The summed E-state index contributed by atoms with van der Waals surface area (Å²) in [7, 11) is -1.74. The molecule has 0 aliphatic heterocycles. The molecule has 0 aliphatic carbocycles. The van der Waals surface area contributed by atoms with E-state index in [0.29, 0.717) is 0 Å². The lowest BCUT2D eigenvalue weighted by molar-refractivity contribution is 0.503. The fraction of sp³-hybridized carbons (Fsp3) is 0.538. The zero-order valence-corrected chi connectivity index (χ0v) is 16.6. The lowest BCUT2D eigenvalue weighted by Gasteiger charge is -2.18. The van der Waals surface area contributed by atoms with Gasteiger partial charge in [0.1, 0.15) is 11.6 Å². The Morgan fingerprint density at radius 1 is 0.885 bits per heavy atom. The van der Waals surface area contributed by atoms with Gasteiger partial charge in [0.2, 0.25) is 0 Å². The molecule has 2 rings (SSSR count). The fourth-order valence-electron chi connectivity index (χ4n) is 2.24. The Balaban J connectivity index is 2.22. The van der Waals surface area contributed by atoms with Crippen LogP contribution in [-0.2, 0) is 33.3 Å². The first kappa shape index (κ1) is 20.5. The van der Waals surface area contributed by atoms with Gasteiger partial charge in [-0.25, -0.2) is 17.9 Å². The van der Waals surface area contributed by atoms with E-state index in [0.717, 1.165) is 16.6 Å². The van der Waals surface area contributed by atoms with E-state index in [-0.39, 0.29) is 24.5 Å². The van der Waals surface area contributed by atoms with Crippen molar-refractivity contribution in [2.75, 3.05) is 28.2 Å². The zero-order valence-electron chi connectivity index (χ0n) is 15.0. The number of hydrogen-bond donors (Lipinski definition) is 1. The molecule has 26 heavy (non-hydrogen) atoms. The van der Waals surface area contributed by atoms with Crippen LogP contribution in [-0.4, -0.2) is 77.6 Å². The van der Waals surface area contributed by atoms with Crippen molar-refractivity contribution in [1.82, 2.24) is 26.5 Å². The molecular weight excluding hydrogens is 382 g/mol. The van der Waals surface area contributed by atoms with E-state index in [1.807, 2.05) is 0 Å². The van der Waals surface area contributed by atoms with Crippen LogP contribution in [0.4, 0.5) is 0 Å². The first-order valence-electron chi connectivity index (χ1n) is 7.64. The summed E-state index contributed by atoms with van der Waals surface area (Å²) in [4.78, 5) is 8.11. The Hall–Kier alpha value is -1.80. The van der Waals surface area contributed by atoms with Gasteiger partial charge in [0.05, 0.1) is 0 Å². The number of hydrogen-bond acceptors (Lipinski definition) is 7. The van der Waals surface area contributed by atoms with Crippen LogP contribution in [0.15, 0.2) is 24.8 Å². The van der Waals surface area contributed by atoms with Crippen LogP contribution in [0.5, 0.6) is 0 Å². The maximum atomic E-state index is 12.3. The minimum atomic E-state index is -3.71. The predicted octanol–water partition coefficient (Wildman–Crippen LogP) is -1.50. The summed E-state index contributed by atoms with van der Waals surface area (Å²) in [5, 5.41) is 0. The van der Waals surface area contributed by atoms with Crippen molar-refractivity contribution in [1.29, 1.82) is 0 Å². The highest BCUT2D eigenvalue weighted by Crippen LogP contribution is 2.12. The summed E-state index contributed by atoms with van der Waals surface area (Å²) in [6.45, 7) is 0. The average molecular weight is 406 g/mol. The Bertz CT molecular complexity index is 882. The first-order chi connectivity index (χ1) is 12.0. The summed E-state index contributed by atoms with van der Waals surface area (Å²) >= 11 is 0. The maximum Gasteiger partial charge on any atom is 0.308 e. The monoisotopic (exact) mass is 405 g/mol. The normalized spacial score (nSPS) is 13.2. The van der Waals surface area contributed by atoms with E-state index in [1.54, 1.807) is 0 Å². The molecule has 0 saturated heterocycles. The molecule has 0 amide bonds. The second-order valence-corrected chi connectivity index (χ2v) is 10.1. The van der Waals surface area contributed by atoms with Gasteiger partial charge in [0, 0.05) is 71.9 Å². The lowest BCUT2D eigenvalue weighted by Crippen LogP contribution is -2.34. The molecule has 13 heteroatoms. The van der Waals surface area contributed by atoms with Crippen molar-refractivity contribution in [3.63, 3.8) is 0 Å².